The largest absolute Gasteiger partial charge is 0.497 e. The Balaban J connectivity index is 1.85. The molecule has 0 atom stereocenters. The molecule has 112 valence electrons. The molecule has 0 fully saturated rings. The van der Waals surface area contributed by atoms with Gasteiger partial charge in [-0.25, -0.2) is 4.98 Å². The van der Waals surface area contributed by atoms with Crippen LogP contribution in [-0.2, 0) is 11.3 Å². The number of aromatic nitrogens is 2. The highest BCUT2D eigenvalue weighted by Crippen LogP contribution is 2.37. The van der Waals surface area contributed by atoms with Gasteiger partial charge in [-0.2, -0.15) is 0 Å². The molecule has 6 heteroatoms. The summed E-state index contributed by atoms with van der Waals surface area (Å²) in [6.45, 7) is 2.92. The SMILES string of the molecule is COc1ccc2c(c1)C(=Cc1c(C)nc3n1CCS3)C(=O)N2. The van der Waals surface area contributed by atoms with Crippen LogP contribution in [-0.4, -0.2) is 28.3 Å². The third kappa shape index (κ3) is 1.94. The van der Waals surface area contributed by atoms with E-state index < -0.39 is 0 Å². The first kappa shape index (κ1) is 13.5. The van der Waals surface area contributed by atoms with E-state index in [1.165, 1.54) is 0 Å². The number of carbonyl (C=O) groups is 1. The third-order valence-corrected chi connectivity index (χ3v) is 4.95. The zero-order valence-electron chi connectivity index (χ0n) is 12.3. The van der Waals surface area contributed by atoms with Crippen molar-refractivity contribution in [3.05, 3.63) is 35.2 Å². The summed E-state index contributed by atoms with van der Waals surface area (Å²) in [7, 11) is 1.63. The van der Waals surface area contributed by atoms with Crippen LogP contribution in [0.4, 0.5) is 5.69 Å². The van der Waals surface area contributed by atoms with Gasteiger partial charge < -0.3 is 14.6 Å². The smallest absolute Gasteiger partial charge is 0.256 e. The minimum absolute atomic E-state index is 0.0798. The second-order valence-corrected chi connectivity index (χ2v) is 6.35. The van der Waals surface area contributed by atoms with Crippen LogP contribution in [0.2, 0.25) is 0 Å². The highest BCUT2D eigenvalue weighted by atomic mass is 32.2. The maximum absolute atomic E-state index is 12.3. The summed E-state index contributed by atoms with van der Waals surface area (Å²) in [5, 5.41) is 3.94. The van der Waals surface area contributed by atoms with E-state index in [0.29, 0.717) is 5.57 Å². The minimum Gasteiger partial charge on any atom is -0.497 e. The Hall–Kier alpha value is -2.21. The Bertz CT molecular complexity index is 823. The summed E-state index contributed by atoms with van der Waals surface area (Å²) < 4.78 is 7.45. The van der Waals surface area contributed by atoms with Crippen molar-refractivity contribution < 1.29 is 9.53 Å². The highest BCUT2D eigenvalue weighted by molar-refractivity contribution is 7.99. The molecule has 1 amide bonds. The summed E-state index contributed by atoms with van der Waals surface area (Å²) >= 11 is 1.76. The number of benzene rings is 1. The van der Waals surface area contributed by atoms with Gasteiger partial charge in [-0.3, -0.25) is 4.79 Å². The summed E-state index contributed by atoms with van der Waals surface area (Å²) in [6.07, 6.45) is 1.94. The molecule has 0 saturated heterocycles. The van der Waals surface area contributed by atoms with Crippen molar-refractivity contribution in [1.29, 1.82) is 0 Å². The first-order chi connectivity index (χ1) is 10.7. The average Bonchev–Trinajstić information content (AvgIpc) is 3.15. The molecule has 0 radical (unpaired) electrons. The lowest BCUT2D eigenvalue weighted by Crippen LogP contribution is -2.05. The lowest BCUT2D eigenvalue weighted by Gasteiger charge is -2.04. The Kier molecular flexibility index (Phi) is 3.00. The van der Waals surface area contributed by atoms with Crippen molar-refractivity contribution >= 4 is 35.0 Å². The molecule has 0 saturated carbocycles. The summed E-state index contributed by atoms with van der Waals surface area (Å²) in [4.78, 5) is 16.9. The fraction of sp³-hybridized carbons (Fsp3) is 0.250. The number of nitrogens with one attached hydrogen (secondary N) is 1. The van der Waals surface area contributed by atoms with Gasteiger partial charge in [0.15, 0.2) is 5.16 Å². The number of methoxy groups -OCH3 is 1. The van der Waals surface area contributed by atoms with Crippen molar-refractivity contribution in [1.82, 2.24) is 9.55 Å². The highest BCUT2D eigenvalue weighted by Gasteiger charge is 2.26. The number of nitrogens with zero attached hydrogens (tertiary/aromatic N) is 2. The molecule has 0 unspecified atom stereocenters. The van der Waals surface area contributed by atoms with Crippen LogP contribution in [0.5, 0.6) is 5.75 Å². The summed E-state index contributed by atoms with van der Waals surface area (Å²) in [6, 6.07) is 5.61. The summed E-state index contributed by atoms with van der Waals surface area (Å²) in [5.74, 6) is 1.70. The first-order valence-corrected chi connectivity index (χ1v) is 8.07. The van der Waals surface area contributed by atoms with Crippen molar-refractivity contribution in [2.24, 2.45) is 0 Å². The number of hydrogen-bond acceptors (Lipinski definition) is 4. The van der Waals surface area contributed by atoms with Crippen LogP contribution in [0, 0.1) is 6.92 Å². The molecule has 1 aromatic carbocycles. The zero-order valence-corrected chi connectivity index (χ0v) is 13.2. The lowest BCUT2D eigenvalue weighted by molar-refractivity contribution is -0.110. The summed E-state index contributed by atoms with van der Waals surface area (Å²) in [5.41, 5.74) is 4.34. The van der Waals surface area contributed by atoms with Gasteiger partial charge in [0, 0.05) is 23.5 Å². The van der Waals surface area contributed by atoms with Crippen LogP contribution in [0.15, 0.2) is 23.4 Å². The van der Waals surface area contributed by atoms with Crippen LogP contribution >= 0.6 is 11.8 Å². The maximum atomic E-state index is 12.3. The topological polar surface area (TPSA) is 56.2 Å². The molecule has 2 aromatic rings. The van der Waals surface area contributed by atoms with Gasteiger partial charge in [-0.05, 0) is 31.2 Å². The molecule has 2 aliphatic rings. The van der Waals surface area contributed by atoms with Gasteiger partial charge in [0.05, 0.1) is 24.1 Å². The van der Waals surface area contributed by atoms with E-state index in [9.17, 15) is 4.79 Å². The number of rotatable bonds is 2. The van der Waals surface area contributed by atoms with E-state index in [4.69, 9.17) is 4.74 Å². The average molecular weight is 313 g/mol. The molecular weight excluding hydrogens is 298 g/mol. The molecule has 1 aromatic heterocycles. The number of thioether (sulfide) groups is 1. The van der Waals surface area contributed by atoms with Crippen LogP contribution in [0.25, 0.3) is 11.6 Å². The number of aryl methyl sites for hydroxylation is 1. The van der Waals surface area contributed by atoms with Crippen molar-refractivity contribution in [2.45, 2.75) is 18.6 Å². The van der Waals surface area contributed by atoms with Crippen LogP contribution in [0.1, 0.15) is 17.0 Å². The number of fused-ring (bicyclic) bond motifs is 2. The van der Waals surface area contributed by atoms with Gasteiger partial charge in [0.2, 0.25) is 0 Å². The van der Waals surface area contributed by atoms with Gasteiger partial charge in [0.25, 0.3) is 5.91 Å². The zero-order chi connectivity index (χ0) is 15.3. The molecular formula is C16H15N3O2S. The molecule has 0 aliphatic carbocycles. The molecule has 5 nitrogen and oxygen atoms in total. The Morgan fingerprint density at radius 1 is 1.45 bits per heavy atom. The Morgan fingerprint density at radius 3 is 3.14 bits per heavy atom. The monoisotopic (exact) mass is 313 g/mol. The quantitative estimate of drug-likeness (QED) is 0.866. The number of ether oxygens (including phenoxy) is 1. The number of carbonyl (C=O) groups excluding carboxylic acids is 1. The molecule has 2 aliphatic heterocycles. The predicted molar refractivity (Wildman–Crippen MR) is 87.2 cm³/mol. The number of amides is 1. The van der Waals surface area contributed by atoms with E-state index in [1.54, 1.807) is 18.9 Å². The number of anilines is 1. The Morgan fingerprint density at radius 2 is 2.32 bits per heavy atom. The third-order valence-electron chi connectivity index (χ3n) is 3.99. The van der Waals surface area contributed by atoms with Crippen molar-refractivity contribution in [2.75, 3.05) is 18.2 Å². The number of imidazole rings is 1. The second-order valence-electron chi connectivity index (χ2n) is 5.29. The fourth-order valence-corrected chi connectivity index (χ4v) is 3.87. The molecule has 3 heterocycles. The first-order valence-electron chi connectivity index (χ1n) is 7.09. The molecule has 0 bridgehead atoms. The van der Waals surface area contributed by atoms with E-state index in [2.05, 4.69) is 14.9 Å². The molecule has 4 rings (SSSR count). The lowest BCUT2D eigenvalue weighted by atomic mass is 10.1. The second kappa shape index (κ2) is 4.91. The molecule has 22 heavy (non-hydrogen) atoms. The normalized spacial score (nSPS) is 17.5. The maximum Gasteiger partial charge on any atom is 0.256 e. The van der Waals surface area contributed by atoms with Gasteiger partial charge in [-0.1, -0.05) is 11.8 Å². The minimum atomic E-state index is -0.0798. The van der Waals surface area contributed by atoms with E-state index >= 15 is 0 Å². The molecule has 1 N–H and O–H groups in total. The van der Waals surface area contributed by atoms with E-state index in [0.717, 1.165) is 45.8 Å². The predicted octanol–water partition coefficient (Wildman–Crippen LogP) is 2.80. The van der Waals surface area contributed by atoms with E-state index in [-0.39, 0.29) is 5.91 Å². The van der Waals surface area contributed by atoms with Gasteiger partial charge in [-0.15, -0.1) is 0 Å². The van der Waals surface area contributed by atoms with Gasteiger partial charge in [0.1, 0.15) is 5.75 Å². The van der Waals surface area contributed by atoms with Crippen molar-refractivity contribution in [3.8, 4) is 5.75 Å². The van der Waals surface area contributed by atoms with Crippen LogP contribution < -0.4 is 10.1 Å². The standard InChI is InChI=1S/C16H15N3O2S/c1-9-14(19-5-6-22-16(19)17-9)8-12-11-7-10(21-2)3-4-13(11)18-15(12)20/h3-4,7-8H,5-6H2,1-2H3,(H,18,20). The van der Waals surface area contributed by atoms with Crippen LogP contribution in [0.3, 0.4) is 0 Å². The van der Waals surface area contributed by atoms with E-state index in [1.807, 2.05) is 31.2 Å². The van der Waals surface area contributed by atoms with Gasteiger partial charge >= 0.3 is 0 Å². The number of hydrogen-bond donors (Lipinski definition) is 1. The molecule has 0 spiro atoms. The Labute approximate surface area is 132 Å². The fourth-order valence-electron chi connectivity index (χ4n) is 2.87. The van der Waals surface area contributed by atoms with Crippen molar-refractivity contribution in [3.63, 3.8) is 0 Å².